The van der Waals surface area contributed by atoms with Crippen molar-refractivity contribution in [3.05, 3.63) is 60.0 Å². The van der Waals surface area contributed by atoms with Crippen LogP contribution in [0, 0.1) is 0 Å². The molecule has 0 amide bonds. The first kappa shape index (κ1) is 12.0. The SMILES string of the molecule is C=Cc1cc[nH]c1C1=C/C(=C/C=C\CBr)CN1. The molecule has 0 unspecified atom stereocenters. The van der Waals surface area contributed by atoms with Gasteiger partial charge in [0.15, 0.2) is 0 Å². The largest absolute Gasteiger partial charge is 0.379 e. The van der Waals surface area contributed by atoms with Crippen LogP contribution >= 0.6 is 15.9 Å². The van der Waals surface area contributed by atoms with Gasteiger partial charge < -0.3 is 10.3 Å². The van der Waals surface area contributed by atoms with Crippen LogP contribution < -0.4 is 5.32 Å². The molecule has 0 spiro atoms. The van der Waals surface area contributed by atoms with Crippen molar-refractivity contribution in [3.8, 4) is 0 Å². The van der Waals surface area contributed by atoms with Gasteiger partial charge >= 0.3 is 0 Å². The molecule has 0 saturated heterocycles. The molecule has 1 aliphatic heterocycles. The molecular weight excluding hydrogens is 276 g/mol. The molecule has 0 fully saturated rings. The van der Waals surface area contributed by atoms with Crippen LogP contribution in [0.1, 0.15) is 11.3 Å². The average Bonchev–Trinajstić information content (AvgIpc) is 2.96. The van der Waals surface area contributed by atoms with Gasteiger partial charge in [-0.1, -0.05) is 46.8 Å². The fraction of sp³-hybridized carbons (Fsp3) is 0.143. The molecule has 0 bridgehead atoms. The standard InChI is InChI=1S/C14H15BrN2/c1-2-12-6-8-16-14(12)13-9-11(10-17-13)5-3-4-7-15/h2-6,8-9,16-17H,1,7,10H2/b4-3-,11-5-. The van der Waals surface area contributed by atoms with Gasteiger partial charge in [0.25, 0.3) is 0 Å². The van der Waals surface area contributed by atoms with Crippen LogP contribution in [0.25, 0.3) is 11.8 Å². The van der Waals surface area contributed by atoms with Crippen LogP contribution in [0.5, 0.6) is 0 Å². The number of allylic oxidation sites excluding steroid dienone is 3. The monoisotopic (exact) mass is 290 g/mol. The minimum atomic E-state index is 0.873. The van der Waals surface area contributed by atoms with Crippen molar-refractivity contribution in [1.82, 2.24) is 10.3 Å². The Morgan fingerprint density at radius 3 is 3.12 bits per heavy atom. The fourth-order valence-electron chi connectivity index (χ4n) is 1.78. The lowest BCUT2D eigenvalue weighted by Crippen LogP contribution is -2.08. The quantitative estimate of drug-likeness (QED) is 0.817. The van der Waals surface area contributed by atoms with E-state index < -0.39 is 0 Å². The van der Waals surface area contributed by atoms with Crippen molar-refractivity contribution in [1.29, 1.82) is 0 Å². The highest BCUT2D eigenvalue weighted by atomic mass is 79.9. The summed E-state index contributed by atoms with van der Waals surface area (Å²) in [6, 6.07) is 2.03. The van der Waals surface area contributed by atoms with E-state index in [1.165, 1.54) is 5.57 Å². The van der Waals surface area contributed by atoms with E-state index in [1.807, 2.05) is 18.3 Å². The zero-order valence-corrected chi connectivity index (χ0v) is 11.1. The first-order chi connectivity index (χ1) is 8.35. The average molecular weight is 291 g/mol. The van der Waals surface area contributed by atoms with E-state index in [4.69, 9.17) is 0 Å². The highest BCUT2D eigenvalue weighted by Gasteiger charge is 2.12. The Hall–Kier alpha value is -1.48. The van der Waals surface area contributed by atoms with Crippen LogP contribution in [0.15, 0.2) is 48.7 Å². The van der Waals surface area contributed by atoms with E-state index in [0.29, 0.717) is 0 Å². The first-order valence-corrected chi connectivity index (χ1v) is 6.64. The van der Waals surface area contributed by atoms with E-state index in [0.717, 1.165) is 28.8 Å². The van der Waals surface area contributed by atoms with Gasteiger partial charge in [0.2, 0.25) is 0 Å². The molecule has 0 aromatic carbocycles. The van der Waals surface area contributed by atoms with Gasteiger partial charge in [-0.15, -0.1) is 0 Å². The molecular formula is C14H15BrN2. The van der Waals surface area contributed by atoms with Crippen molar-refractivity contribution in [2.24, 2.45) is 0 Å². The second-order valence-electron chi connectivity index (χ2n) is 3.75. The minimum Gasteiger partial charge on any atom is -0.379 e. The Morgan fingerprint density at radius 2 is 2.35 bits per heavy atom. The van der Waals surface area contributed by atoms with Gasteiger partial charge in [-0.25, -0.2) is 0 Å². The molecule has 2 N–H and O–H groups in total. The molecule has 2 nitrogen and oxygen atoms in total. The zero-order chi connectivity index (χ0) is 12.1. The van der Waals surface area contributed by atoms with Gasteiger partial charge in [-0.05, 0) is 17.7 Å². The number of nitrogens with one attached hydrogen (secondary N) is 2. The lowest BCUT2D eigenvalue weighted by molar-refractivity contribution is 1.01. The van der Waals surface area contributed by atoms with Crippen LogP contribution in [0.2, 0.25) is 0 Å². The number of aromatic nitrogens is 1. The second kappa shape index (κ2) is 5.73. The highest BCUT2D eigenvalue weighted by molar-refractivity contribution is 9.09. The third-order valence-corrected chi connectivity index (χ3v) is 2.99. The third kappa shape index (κ3) is 2.80. The minimum absolute atomic E-state index is 0.873. The van der Waals surface area contributed by atoms with Gasteiger partial charge in [-0.2, -0.15) is 0 Å². The Labute approximate surface area is 110 Å². The lowest BCUT2D eigenvalue weighted by Gasteiger charge is -2.02. The number of halogens is 1. The van der Waals surface area contributed by atoms with Crippen molar-refractivity contribution >= 4 is 27.7 Å². The van der Waals surface area contributed by atoms with Gasteiger partial charge in [0, 0.05) is 23.6 Å². The molecule has 1 aliphatic rings. The molecule has 2 heterocycles. The number of hydrogen-bond acceptors (Lipinski definition) is 1. The summed E-state index contributed by atoms with van der Waals surface area (Å²) in [7, 11) is 0. The smallest absolute Gasteiger partial charge is 0.0689 e. The van der Waals surface area contributed by atoms with Crippen molar-refractivity contribution in [3.63, 3.8) is 0 Å². The topological polar surface area (TPSA) is 27.8 Å². The van der Waals surface area contributed by atoms with Crippen LogP contribution in [0.4, 0.5) is 0 Å². The predicted octanol–water partition coefficient (Wildman–Crippen LogP) is 3.48. The normalized spacial score (nSPS) is 17.5. The van der Waals surface area contributed by atoms with Crippen molar-refractivity contribution < 1.29 is 0 Å². The predicted molar refractivity (Wildman–Crippen MR) is 77.9 cm³/mol. The summed E-state index contributed by atoms with van der Waals surface area (Å²) < 4.78 is 0. The zero-order valence-electron chi connectivity index (χ0n) is 9.54. The summed E-state index contributed by atoms with van der Waals surface area (Å²) in [5.41, 5.74) is 4.64. The summed E-state index contributed by atoms with van der Waals surface area (Å²) in [6.45, 7) is 4.68. The van der Waals surface area contributed by atoms with Crippen LogP contribution in [-0.4, -0.2) is 16.9 Å². The van der Waals surface area contributed by atoms with Gasteiger partial charge in [0.1, 0.15) is 0 Å². The molecule has 1 aromatic rings. The molecule has 88 valence electrons. The van der Waals surface area contributed by atoms with Crippen molar-refractivity contribution in [2.75, 3.05) is 11.9 Å². The van der Waals surface area contributed by atoms with Gasteiger partial charge in [-0.3, -0.25) is 0 Å². The van der Waals surface area contributed by atoms with Crippen LogP contribution in [0.3, 0.4) is 0 Å². The Bertz CT molecular complexity index is 492. The molecule has 1 aromatic heterocycles. The van der Waals surface area contributed by atoms with E-state index >= 15 is 0 Å². The number of rotatable bonds is 4. The summed E-state index contributed by atoms with van der Waals surface area (Å²) >= 11 is 3.36. The van der Waals surface area contributed by atoms with Crippen LogP contribution in [-0.2, 0) is 0 Å². The van der Waals surface area contributed by atoms with E-state index in [2.05, 4.69) is 57.1 Å². The fourth-order valence-corrected chi connectivity index (χ4v) is 2.00. The third-order valence-electron chi connectivity index (χ3n) is 2.62. The van der Waals surface area contributed by atoms with E-state index in [9.17, 15) is 0 Å². The Balaban J connectivity index is 2.19. The maximum absolute atomic E-state index is 3.81. The molecule has 0 saturated carbocycles. The van der Waals surface area contributed by atoms with Gasteiger partial charge in [0.05, 0.1) is 11.4 Å². The molecule has 0 atom stereocenters. The highest BCUT2D eigenvalue weighted by Crippen LogP contribution is 2.22. The summed E-state index contributed by atoms with van der Waals surface area (Å²) in [5.74, 6) is 0. The summed E-state index contributed by atoms with van der Waals surface area (Å²) in [6.07, 6.45) is 12.2. The number of hydrogen-bond donors (Lipinski definition) is 2. The summed E-state index contributed by atoms with van der Waals surface area (Å²) in [4.78, 5) is 3.23. The molecule has 3 heteroatoms. The maximum Gasteiger partial charge on any atom is 0.0689 e. The Morgan fingerprint density at radius 1 is 1.47 bits per heavy atom. The number of aromatic amines is 1. The van der Waals surface area contributed by atoms with E-state index in [1.54, 1.807) is 0 Å². The summed E-state index contributed by atoms with van der Waals surface area (Å²) in [5, 5.41) is 4.27. The molecule has 2 rings (SSSR count). The lowest BCUT2D eigenvalue weighted by atomic mass is 10.2. The first-order valence-electron chi connectivity index (χ1n) is 5.52. The molecule has 17 heavy (non-hydrogen) atoms. The van der Waals surface area contributed by atoms with E-state index in [-0.39, 0.29) is 0 Å². The van der Waals surface area contributed by atoms with Crippen molar-refractivity contribution in [2.45, 2.75) is 0 Å². The molecule has 0 radical (unpaired) electrons. The number of alkyl halides is 1. The second-order valence-corrected chi connectivity index (χ2v) is 4.40. The number of H-pyrrole nitrogens is 1. The molecule has 0 aliphatic carbocycles. The maximum atomic E-state index is 3.81. The Kier molecular flexibility index (Phi) is 4.04.